The number of phenols is 1. The number of halogens is 2. The molecule has 3 aromatic carbocycles. The van der Waals surface area contributed by atoms with Gasteiger partial charge in [0.25, 0.3) is 0 Å². The van der Waals surface area contributed by atoms with Gasteiger partial charge in [0.1, 0.15) is 5.75 Å². The van der Waals surface area contributed by atoms with Crippen LogP contribution in [0.3, 0.4) is 0 Å². The third kappa shape index (κ3) is 3.57. The monoisotopic (exact) mass is 525 g/mol. The molecule has 0 aromatic heterocycles. The summed E-state index contributed by atoms with van der Waals surface area (Å²) in [5, 5.41) is 16.9. The second-order valence-electron chi connectivity index (χ2n) is 7.64. The van der Waals surface area contributed by atoms with E-state index in [0.29, 0.717) is 16.1 Å². The van der Waals surface area contributed by atoms with Gasteiger partial charge in [0, 0.05) is 36.2 Å². The number of rotatable bonds is 3. The Morgan fingerprint density at radius 1 is 0.867 bits per heavy atom. The Kier molecular flexibility index (Phi) is 5.39. The maximum absolute atomic E-state index is 10.2. The standard InChI is InChI=1S/C24H21Br2N3O/c25-17-13-16(24(30)22(26)14-17)15-27-29-11-9-28(10-12-29)23-20-7-3-1-5-18(20)19-6-2-4-8-21(19)23/h1-8,13-15,23,30H,9-12H2. The van der Waals surface area contributed by atoms with Crippen LogP contribution < -0.4 is 0 Å². The lowest BCUT2D eigenvalue weighted by Gasteiger charge is -2.37. The molecule has 0 radical (unpaired) electrons. The van der Waals surface area contributed by atoms with Crippen molar-refractivity contribution in [2.24, 2.45) is 5.10 Å². The van der Waals surface area contributed by atoms with Crippen molar-refractivity contribution in [1.82, 2.24) is 9.91 Å². The van der Waals surface area contributed by atoms with E-state index in [2.05, 4.69) is 95.4 Å². The first-order valence-corrected chi connectivity index (χ1v) is 11.6. The Hall–Kier alpha value is -2.15. The van der Waals surface area contributed by atoms with Gasteiger partial charge in [0.2, 0.25) is 0 Å². The molecular formula is C24H21Br2N3O. The normalized spacial score (nSPS) is 16.8. The highest BCUT2D eigenvalue weighted by atomic mass is 79.9. The summed E-state index contributed by atoms with van der Waals surface area (Å²) in [6, 6.07) is 21.5. The lowest BCUT2D eigenvalue weighted by Crippen LogP contribution is -2.45. The fourth-order valence-corrected chi connectivity index (χ4v) is 5.69. The Balaban J connectivity index is 1.32. The second kappa shape index (κ2) is 8.17. The van der Waals surface area contributed by atoms with Crippen molar-refractivity contribution < 1.29 is 5.11 Å². The number of hydrogen-bond donors (Lipinski definition) is 1. The Morgan fingerprint density at radius 2 is 1.47 bits per heavy atom. The quantitative estimate of drug-likeness (QED) is 0.449. The van der Waals surface area contributed by atoms with Crippen molar-refractivity contribution in [2.75, 3.05) is 26.2 Å². The van der Waals surface area contributed by atoms with Gasteiger partial charge in [-0.25, -0.2) is 0 Å². The number of phenolic OH excluding ortho intramolecular Hbond substituents is 1. The predicted octanol–water partition coefficient (Wildman–Crippen LogP) is 5.64. The molecule has 2 aliphatic rings. The molecule has 0 bridgehead atoms. The lowest BCUT2D eigenvalue weighted by atomic mass is 10.0. The van der Waals surface area contributed by atoms with E-state index < -0.39 is 0 Å². The molecule has 1 saturated heterocycles. The van der Waals surface area contributed by atoms with Gasteiger partial charge in [-0.15, -0.1) is 0 Å². The first-order valence-electron chi connectivity index (χ1n) is 10.0. The summed E-state index contributed by atoms with van der Waals surface area (Å²) in [5.74, 6) is 0.208. The number of hydrazone groups is 1. The van der Waals surface area contributed by atoms with Crippen molar-refractivity contribution in [3.8, 4) is 16.9 Å². The van der Waals surface area contributed by atoms with Crippen LogP contribution in [0.5, 0.6) is 5.75 Å². The first-order chi connectivity index (χ1) is 14.6. The summed E-state index contributed by atoms with van der Waals surface area (Å²) in [6.45, 7) is 3.60. The third-order valence-corrected chi connectivity index (χ3v) is 6.94. The van der Waals surface area contributed by atoms with E-state index in [1.807, 2.05) is 12.1 Å². The summed E-state index contributed by atoms with van der Waals surface area (Å²) in [5.41, 5.74) is 6.21. The van der Waals surface area contributed by atoms with Gasteiger partial charge in [0.05, 0.1) is 16.7 Å². The average molecular weight is 527 g/mol. The van der Waals surface area contributed by atoms with Crippen LogP contribution in [-0.2, 0) is 0 Å². The molecule has 1 aliphatic carbocycles. The fraction of sp³-hybridized carbons (Fsp3) is 0.208. The maximum atomic E-state index is 10.2. The lowest BCUT2D eigenvalue weighted by molar-refractivity contribution is 0.114. The highest BCUT2D eigenvalue weighted by Gasteiger charge is 2.33. The van der Waals surface area contributed by atoms with Crippen LogP contribution in [0.2, 0.25) is 0 Å². The van der Waals surface area contributed by atoms with Crippen molar-refractivity contribution in [3.63, 3.8) is 0 Å². The summed E-state index contributed by atoms with van der Waals surface area (Å²) in [6.07, 6.45) is 1.74. The number of aromatic hydroxyl groups is 1. The largest absolute Gasteiger partial charge is 0.506 e. The number of hydrogen-bond acceptors (Lipinski definition) is 4. The molecule has 1 fully saturated rings. The molecule has 5 rings (SSSR count). The van der Waals surface area contributed by atoms with Crippen molar-refractivity contribution in [3.05, 3.63) is 86.3 Å². The molecule has 0 unspecified atom stereocenters. The van der Waals surface area contributed by atoms with Crippen LogP contribution in [0.25, 0.3) is 11.1 Å². The summed E-state index contributed by atoms with van der Waals surface area (Å²) >= 11 is 6.84. The minimum Gasteiger partial charge on any atom is -0.506 e. The van der Waals surface area contributed by atoms with Crippen LogP contribution in [-0.4, -0.2) is 47.4 Å². The van der Waals surface area contributed by atoms with E-state index in [1.54, 1.807) is 6.21 Å². The van der Waals surface area contributed by atoms with Gasteiger partial charge in [-0.05, 0) is 50.3 Å². The van der Waals surface area contributed by atoms with Crippen LogP contribution >= 0.6 is 31.9 Å². The summed E-state index contributed by atoms with van der Waals surface area (Å²) in [4.78, 5) is 2.56. The minimum absolute atomic E-state index is 0.208. The van der Waals surface area contributed by atoms with Gasteiger partial charge in [-0.1, -0.05) is 64.5 Å². The molecule has 1 aliphatic heterocycles. The van der Waals surface area contributed by atoms with E-state index >= 15 is 0 Å². The maximum Gasteiger partial charge on any atom is 0.138 e. The van der Waals surface area contributed by atoms with Gasteiger partial charge in [-0.2, -0.15) is 5.10 Å². The molecule has 152 valence electrons. The molecule has 0 amide bonds. The van der Waals surface area contributed by atoms with Gasteiger partial charge in [-0.3, -0.25) is 9.91 Å². The Labute approximate surface area is 193 Å². The van der Waals surface area contributed by atoms with Crippen LogP contribution in [0.1, 0.15) is 22.7 Å². The molecule has 1 N–H and O–H groups in total. The summed E-state index contributed by atoms with van der Waals surface area (Å²) in [7, 11) is 0. The molecule has 30 heavy (non-hydrogen) atoms. The SMILES string of the molecule is Oc1c(Br)cc(Br)cc1C=NN1CCN(C2c3ccccc3-c3ccccc32)CC1. The summed E-state index contributed by atoms with van der Waals surface area (Å²) < 4.78 is 1.55. The molecule has 1 heterocycles. The topological polar surface area (TPSA) is 39.1 Å². The molecular weight excluding hydrogens is 506 g/mol. The average Bonchev–Trinajstić information content (AvgIpc) is 3.10. The zero-order chi connectivity index (χ0) is 20.7. The Bertz CT molecular complexity index is 1080. The molecule has 3 aromatic rings. The highest BCUT2D eigenvalue weighted by Crippen LogP contribution is 2.46. The van der Waals surface area contributed by atoms with E-state index in [-0.39, 0.29) is 5.75 Å². The highest BCUT2D eigenvalue weighted by molar-refractivity contribution is 9.11. The van der Waals surface area contributed by atoms with Crippen LogP contribution in [0, 0.1) is 0 Å². The van der Waals surface area contributed by atoms with Crippen LogP contribution in [0.4, 0.5) is 0 Å². The number of nitrogens with zero attached hydrogens (tertiary/aromatic N) is 3. The first kappa shape index (κ1) is 19.8. The van der Waals surface area contributed by atoms with E-state index in [1.165, 1.54) is 22.3 Å². The van der Waals surface area contributed by atoms with E-state index in [9.17, 15) is 5.11 Å². The zero-order valence-corrected chi connectivity index (χ0v) is 19.5. The number of piperazine rings is 1. The van der Waals surface area contributed by atoms with Gasteiger partial charge in [0.15, 0.2) is 0 Å². The molecule has 0 spiro atoms. The smallest absolute Gasteiger partial charge is 0.138 e. The zero-order valence-electron chi connectivity index (χ0n) is 16.3. The van der Waals surface area contributed by atoms with Crippen molar-refractivity contribution in [2.45, 2.75) is 6.04 Å². The van der Waals surface area contributed by atoms with Gasteiger partial charge >= 0.3 is 0 Å². The van der Waals surface area contributed by atoms with Crippen LogP contribution in [0.15, 0.2) is 74.7 Å². The Morgan fingerprint density at radius 3 is 2.10 bits per heavy atom. The molecule has 0 saturated carbocycles. The van der Waals surface area contributed by atoms with E-state index in [0.717, 1.165) is 30.7 Å². The fourth-order valence-electron chi connectivity index (χ4n) is 4.44. The second-order valence-corrected chi connectivity index (χ2v) is 9.41. The molecule has 6 heteroatoms. The van der Waals surface area contributed by atoms with Crippen molar-refractivity contribution in [1.29, 1.82) is 0 Å². The minimum atomic E-state index is 0.208. The number of benzene rings is 3. The number of fused-ring (bicyclic) bond motifs is 3. The third-order valence-electron chi connectivity index (χ3n) is 5.87. The predicted molar refractivity (Wildman–Crippen MR) is 128 cm³/mol. The van der Waals surface area contributed by atoms with E-state index in [4.69, 9.17) is 0 Å². The molecule has 4 nitrogen and oxygen atoms in total. The van der Waals surface area contributed by atoms with Crippen molar-refractivity contribution >= 4 is 38.1 Å². The molecule has 0 atom stereocenters. The van der Waals surface area contributed by atoms with Gasteiger partial charge < -0.3 is 5.11 Å².